The molecule has 0 spiro atoms. The Kier molecular flexibility index (Phi) is 3.44. The van der Waals surface area contributed by atoms with Crippen LogP contribution in [0.4, 0.5) is 5.82 Å². The fraction of sp³-hybridized carbons (Fsp3) is 0.500. The minimum atomic E-state index is 0. The van der Waals surface area contributed by atoms with Gasteiger partial charge in [0.1, 0.15) is 11.8 Å². The van der Waals surface area contributed by atoms with Gasteiger partial charge < -0.3 is 15.6 Å². The van der Waals surface area contributed by atoms with Crippen molar-refractivity contribution < 1.29 is 0 Å². The largest absolute Gasteiger partial charge is 0.382 e. The lowest BCUT2D eigenvalue weighted by Gasteiger charge is -2.23. The minimum Gasteiger partial charge on any atom is -0.382 e. The van der Waals surface area contributed by atoms with Crippen molar-refractivity contribution in [2.75, 3.05) is 18.8 Å². The van der Waals surface area contributed by atoms with Crippen LogP contribution in [0.5, 0.6) is 0 Å². The fourth-order valence-electron chi connectivity index (χ4n) is 2.22. The normalized spacial score (nSPS) is 16.9. The summed E-state index contributed by atoms with van der Waals surface area (Å²) in [5, 5.41) is 3.34. The van der Waals surface area contributed by atoms with Crippen LogP contribution in [-0.2, 0) is 0 Å². The molecule has 7 heteroatoms. The molecule has 1 aliphatic rings. The highest BCUT2D eigenvalue weighted by Crippen LogP contribution is 2.24. The van der Waals surface area contributed by atoms with Crippen LogP contribution in [0, 0.1) is 0 Å². The van der Waals surface area contributed by atoms with Gasteiger partial charge in [-0.3, -0.25) is 0 Å². The van der Waals surface area contributed by atoms with E-state index >= 15 is 0 Å². The Bertz CT molecular complexity index is 504. The van der Waals surface area contributed by atoms with Gasteiger partial charge in [0.15, 0.2) is 11.5 Å². The summed E-state index contributed by atoms with van der Waals surface area (Å²) in [6.07, 6.45) is 5.54. The van der Waals surface area contributed by atoms with Crippen LogP contribution < -0.4 is 11.1 Å². The highest BCUT2D eigenvalue weighted by molar-refractivity contribution is 5.85. The van der Waals surface area contributed by atoms with Gasteiger partial charge in [0.25, 0.3) is 0 Å². The van der Waals surface area contributed by atoms with Crippen molar-refractivity contribution in [1.29, 1.82) is 0 Å². The van der Waals surface area contributed by atoms with E-state index in [1.54, 1.807) is 0 Å². The second-order valence-electron chi connectivity index (χ2n) is 4.06. The maximum absolute atomic E-state index is 5.76. The van der Waals surface area contributed by atoms with E-state index in [9.17, 15) is 0 Å². The Morgan fingerprint density at radius 3 is 2.76 bits per heavy atom. The Morgan fingerprint density at radius 2 is 2.00 bits per heavy atom. The number of hydrogen-bond donors (Lipinski definition) is 2. The third kappa shape index (κ3) is 2.05. The molecule has 0 aromatic carbocycles. The molecule has 92 valence electrons. The van der Waals surface area contributed by atoms with Crippen molar-refractivity contribution >= 4 is 29.4 Å². The molecular formula is C10H15ClN6. The van der Waals surface area contributed by atoms with E-state index < -0.39 is 0 Å². The van der Waals surface area contributed by atoms with E-state index in [1.165, 1.54) is 6.33 Å². The molecule has 3 rings (SSSR count). The molecule has 0 bridgehead atoms. The molecule has 2 aromatic heterocycles. The number of rotatable bonds is 1. The Balaban J connectivity index is 0.00000108. The zero-order chi connectivity index (χ0) is 11.0. The van der Waals surface area contributed by atoms with Gasteiger partial charge in [0.2, 0.25) is 0 Å². The van der Waals surface area contributed by atoms with E-state index in [0.29, 0.717) is 17.4 Å². The second kappa shape index (κ2) is 4.85. The van der Waals surface area contributed by atoms with Crippen molar-refractivity contribution in [2.24, 2.45) is 0 Å². The van der Waals surface area contributed by atoms with Crippen LogP contribution in [0.1, 0.15) is 18.9 Å². The molecule has 3 N–H and O–H groups in total. The molecule has 0 saturated carbocycles. The summed E-state index contributed by atoms with van der Waals surface area (Å²) in [7, 11) is 0. The highest BCUT2D eigenvalue weighted by atomic mass is 35.5. The maximum Gasteiger partial charge on any atom is 0.165 e. The number of hydrogen-bond acceptors (Lipinski definition) is 5. The van der Waals surface area contributed by atoms with Crippen LogP contribution in [0.25, 0.3) is 11.2 Å². The molecular weight excluding hydrogens is 240 g/mol. The number of imidazole rings is 1. The third-order valence-corrected chi connectivity index (χ3v) is 3.09. The van der Waals surface area contributed by atoms with E-state index in [4.69, 9.17) is 5.73 Å². The molecule has 17 heavy (non-hydrogen) atoms. The van der Waals surface area contributed by atoms with Crippen LogP contribution in [0.15, 0.2) is 12.7 Å². The van der Waals surface area contributed by atoms with Crippen molar-refractivity contribution in [3.05, 3.63) is 12.7 Å². The van der Waals surface area contributed by atoms with Crippen molar-refractivity contribution in [1.82, 2.24) is 24.8 Å². The molecule has 3 heterocycles. The smallest absolute Gasteiger partial charge is 0.165 e. The summed E-state index contributed by atoms with van der Waals surface area (Å²) in [5.74, 6) is 0.456. The average molecular weight is 255 g/mol. The summed E-state index contributed by atoms with van der Waals surface area (Å²) in [6.45, 7) is 2.09. The summed E-state index contributed by atoms with van der Waals surface area (Å²) in [6, 6.07) is 0.473. The van der Waals surface area contributed by atoms with Gasteiger partial charge >= 0.3 is 0 Å². The topological polar surface area (TPSA) is 81.7 Å². The number of nitrogens with zero attached hydrogens (tertiary/aromatic N) is 4. The van der Waals surface area contributed by atoms with E-state index in [2.05, 4.69) is 24.8 Å². The van der Waals surface area contributed by atoms with E-state index in [0.717, 1.165) is 31.6 Å². The second-order valence-corrected chi connectivity index (χ2v) is 4.06. The number of nitrogen functional groups attached to an aromatic ring is 1. The predicted octanol–water partition coefficient (Wildman–Crippen LogP) is 0.755. The third-order valence-electron chi connectivity index (χ3n) is 3.09. The molecule has 0 amide bonds. The number of piperidine rings is 1. The first-order valence-corrected chi connectivity index (χ1v) is 5.50. The first kappa shape index (κ1) is 12.1. The monoisotopic (exact) mass is 254 g/mol. The molecule has 6 nitrogen and oxygen atoms in total. The number of nitrogens with one attached hydrogen (secondary N) is 1. The molecule has 1 aliphatic heterocycles. The molecule has 0 aliphatic carbocycles. The summed E-state index contributed by atoms with van der Waals surface area (Å²) < 4.78 is 2.12. The van der Waals surface area contributed by atoms with Crippen LogP contribution in [-0.4, -0.2) is 32.6 Å². The SMILES string of the molecule is Cl.Nc1ncnc2c1ncn2C1CCNCC1. The average Bonchev–Trinajstić information content (AvgIpc) is 2.75. The van der Waals surface area contributed by atoms with Crippen molar-refractivity contribution in [3.63, 3.8) is 0 Å². The molecule has 0 radical (unpaired) electrons. The maximum atomic E-state index is 5.76. The highest BCUT2D eigenvalue weighted by Gasteiger charge is 2.18. The quantitative estimate of drug-likeness (QED) is 0.785. The lowest BCUT2D eigenvalue weighted by Crippen LogP contribution is -2.29. The van der Waals surface area contributed by atoms with Gasteiger partial charge in [0, 0.05) is 6.04 Å². The van der Waals surface area contributed by atoms with Gasteiger partial charge in [-0.05, 0) is 25.9 Å². The van der Waals surface area contributed by atoms with Crippen LogP contribution in [0.3, 0.4) is 0 Å². The number of nitrogens with two attached hydrogens (primary N) is 1. The van der Waals surface area contributed by atoms with Gasteiger partial charge in [0.05, 0.1) is 6.33 Å². The van der Waals surface area contributed by atoms with E-state index in [-0.39, 0.29) is 12.4 Å². The molecule has 0 atom stereocenters. The lowest BCUT2D eigenvalue weighted by molar-refractivity contribution is 0.373. The zero-order valence-corrected chi connectivity index (χ0v) is 10.2. The summed E-state index contributed by atoms with van der Waals surface area (Å²) in [5.41, 5.74) is 7.32. The lowest BCUT2D eigenvalue weighted by atomic mass is 10.1. The number of fused-ring (bicyclic) bond motifs is 1. The zero-order valence-electron chi connectivity index (χ0n) is 9.33. The van der Waals surface area contributed by atoms with E-state index in [1.807, 2.05) is 6.33 Å². The number of halogens is 1. The molecule has 1 fully saturated rings. The number of aromatic nitrogens is 4. The number of anilines is 1. The van der Waals surface area contributed by atoms with Gasteiger partial charge in [-0.15, -0.1) is 12.4 Å². The van der Waals surface area contributed by atoms with Crippen LogP contribution >= 0.6 is 12.4 Å². The van der Waals surface area contributed by atoms with Crippen molar-refractivity contribution in [2.45, 2.75) is 18.9 Å². The summed E-state index contributed by atoms with van der Waals surface area (Å²) in [4.78, 5) is 12.5. The van der Waals surface area contributed by atoms with Gasteiger partial charge in [-0.1, -0.05) is 0 Å². The fourth-order valence-corrected chi connectivity index (χ4v) is 2.22. The van der Waals surface area contributed by atoms with Gasteiger partial charge in [-0.25, -0.2) is 15.0 Å². The Labute approximate surface area is 105 Å². The van der Waals surface area contributed by atoms with Gasteiger partial charge in [-0.2, -0.15) is 0 Å². The Hall–Kier alpha value is -1.40. The minimum absolute atomic E-state index is 0. The molecule has 0 unspecified atom stereocenters. The first-order valence-electron chi connectivity index (χ1n) is 5.50. The Morgan fingerprint density at radius 1 is 1.24 bits per heavy atom. The van der Waals surface area contributed by atoms with Crippen LogP contribution in [0.2, 0.25) is 0 Å². The molecule has 1 saturated heterocycles. The first-order chi connectivity index (χ1) is 7.86. The summed E-state index contributed by atoms with van der Waals surface area (Å²) >= 11 is 0. The molecule has 2 aromatic rings. The van der Waals surface area contributed by atoms with Crippen molar-refractivity contribution in [3.8, 4) is 0 Å². The predicted molar refractivity (Wildman–Crippen MR) is 68.1 cm³/mol. The standard InChI is InChI=1S/C10H14N6.ClH/c11-9-8-10(14-5-13-9)16(6-15-8)7-1-3-12-4-2-7;/h5-7,12H,1-4H2,(H2,11,13,14);1H.